The van der Waals surface area contributed by atoms with Crippen molar-refractivity contribution in [2.24, 2.45) is 5.41 Å². The van der Waals surface area contributed by atoms with Crippen LogP contribution in [-0.4, -0.2) is 25.7 Å². The third kappa shape index (κ3) is 5.02. The van der Waals surface area contributed by atoms with Crippen LogP contribution in [0.4, 0.5) is 0 Å². The summed E-state index contributed by atoms with van der Waals surface area (Å²) in [6.45, 7) is 13.6. The molecule has 82 valence electrons. The minimum absolute atomic E-state index is 0.213. The molecule has 3 nitrogen and oxygen atoms in total. The van der Waals surface area contributed by atoms with Crippen LogP contribution in [-0.2, 0) is 9.53 Å². The molecule has 0 saturated heterocycles. The fourth-order valence-electron chi connectivity index (χ4n) is 0.786. The van der Waals surface area contributed by atoms with Crippen LogP contribution in [0.15, 0.2) is 12.2 Å². The molecule has 0 aliphatic heterocycles. The Morgan fingerprint density at radius 2 is 2.00 bits per heavy atom. The van der Waals surface area contributed by atoms with Crippen LogP contribution in [0.1, 0.15) is 27.7 Å². The van der Waals surface area contributed by atoms with Crippen molar-refractivity contribution in [2.45, 2.75) is 27.7 Å². The molecular weight excluding hydrogens is 178 g/mol. The normalized spacial score (nSPS) is 11.1. The Morgan fingerprint density at radius 3 is 2.43 bits per heavy atom. The van der Waals surface area contributed by atoms with Crippen LogP contribution < -0.4 is 5.32 Å². The number of carbonyl (C=O) groups is 1. The van der Waals surface area contributed by atoms with Crippen molar-refractivity contribution in [1.29, 1.82) is 0 Å². The first-order valence-corrected chi connectivity index (χ1v) is 4.96. The fraction of sp³-hybridized carbons (Fsp3) is 0.727. The average molecular weight is 199 g/mol. The summed E-state index contributed by atoms with van der Waals surface area (Å²) >= 11 is 0. The summed E-state index contributed by atoms with van der Waals surface area (Å²) in [5.74, 6) is -0.296. The van der Waals surface area contributed by atoms with E-state index < -0.39 is 0 Å². The van der Waals surface area contributed by atoms with Gasteiger partial charge in [0.1, 0.15) is 6.61 Å². The summed E-state index contributed by atoms with van der Waals surface area (Å²) in [4.78, 5) is 11.4. The van der Waals surface area contributed by atoms with Gasteiger partial charge in [-0.3, -0.25) is 0 Å². The van der Waals surface area contributed by atoms with E-state index >= 15 is 0 Å². The van der Waals surface area contributed by atoms with Crippen LogP contribution in [0, 0.1) is 5.41 Å². The summed E-state index contributed by atoms with van der Waals surface area (Å²) in [7, 11) is 0. The van der Waals surface area contributed by atoms with Gasteiger partial charge in [0.05, 0.1) is 0 Å². The number of hydrogen-bond donors (Lipinski definition) is 1. The van der Waals surface area contributed by atoms with Gasteiger partial charge in [-0.2, -0.15) is 0 Å². The lowest BCUT2D eigenvalue weighted by Crippen LogP contribution is -2.24. The molecule has 14 heavy (non-hydrogen) atoms. The molecule has 0 fully saturated rings. The maximum Gasteiger partial charge on any atom is 0.333 e. The Labute approximate surface area is 86.5 Å². The van der Waals surface area contributed by atoms with Crippen molar-refractivity contribution in [3.05, 3.63) is 12.2 Å². The maximum atomic E-state index is 11.4. The number of esters is 1. The molecule has 0 radical (unpaired) electrons. The molecule has 0 unspecified atom stereocenters. The average Bonchev–Trinajstić information content (AvgIpc) is 2.09. The monoisotopic (exact) mass is 199 g/mol. The van der Waals surface area contributed by atoms with E-state index in [0.29, 0.717) is 18.7 Å². The number of nitrogens with one attached hydrogen (secondary N) is 1. The first-order chi connectivity index (χ1) is 6.39. The van der Waals surface area contributed by atoms with Gasteiger partial charge >= 0.3 is 5.97 Å². The van der Waals surface area contributed by atoms with Crippen molar-refractivity contribution in [2.75, 3.05) is 19.7 Å². The molecule has 0 bridgehead atoms. The highest BCUT2D eigenvalue weighted by atomic mass is 16.5. The predicted octanol–water partition coefficient (Wildman–Crippen LogP) is 1.74. The zero-order chi connectivity index (χ0) is 11.2. The van der Waals surface area contributed by atoms with Crippen LogP contribution >= 0.6 is 0 Å². The predicted molar refractivity (Wildman–Crippen MR) is 58.1 cm³/mol. The number of rotatable bonds is 5. The molecular formula is C11H21NO2. The highest BCUT2D eigenvalue weighted by molar-refractivity contribution is 5.88. The number of carbonyl (C=O) groups excluding carboxylic acids is 1. The van der Waals surface area contributed by atoms with E-state index in [0.717, 1.165) is 6.54 Å². The minimum Gasteiger partial charge on any atom is -0.461 e. The molecule has 0 heterocycles. The molecule has 3 heteroatoms. The summed E-state index contributed by atoms with van der Waals surface area (Å²) in [6.07, 6.45) is 0. The van der Waals surface area contributed by atoms with Crippen molar-refractivity contribution in [3.63, 3.8) is 0 Å². The summed E-state index contributed by atoms with van der Waals surface area (Å²) in [6, 6.07) is 0. The molecule has 0 saturated carbocycles. The first kappa shape index (κ1) is 13.2. The van der Waals surface area contributed by atoms with Crippen molar-refractivity contribution < 1.29 is 9.53 Å². The molecule has 0 spiro atoms. The minimum atomic E-state index is -0.296. The van der Waals surface area contributed by atoms with Gasteiger partial charge in [-0.05, 0) is 12.0 Å². The Balaban J connectivity index is 3.81. The van der Waals surface area contributed by atoms with Gasteiger partial charge in [-0.25, -0.2) is 4.79 Å². The van der Waals surface area contributed by atoms with Gasteiger partial charge in [0.15, 0.2) is 0 Å². The Kier molecular flexibility index (Phi) is 5.46. The largest absolute Gasteiger partial charge is 0.461 e. The molecule has 0 amide bonds. The Hall–Kier alpha value is -0.830. The highest BCUT2D eigenvalue weighted by Gasteiger charge is 2.22. The second-order valence-electron chi connectivity index (χ2n) is 4.22. The number of ether oxygens (including phenoxy) is 1. The summed E-state index contributed by atoms with van der Waals surface area (Å²) in [5.41, 5.74) is 0.309. The second kappa shape index (κ2) is 5.81. The lowest BCUT2D eigenvalue weighted by Gasteiger charge is -2.19. The maximum absolute atomic E-state index is 11.4. The van der Waals surface area contributed by atoms with Crippen LogP contribution in [0.3, 0.4) is 0 Å². The van der Waals surface area contributed by atoms with Crippen molar-refractivity contribution in [3.8, 4) is 0 Å². The third-order valence-electron chi connectivity index (χ3n) is 1.91. The van der Waals surface area contributed by atoms with Crippen LogP contribution in [0.25, 0.3) is 0 Å². The van der Waals surface area contributed by atoms with E-state index in [9.17, 15) is 4.79 Å². The summed E-state index contributed by atoms with van der Waals surface area (Å²) < 4.78 is 5.03. The Bertz CT molecular complexity index is 204. The first-order valence-electron chi connectivity index (χ1n) is 4.96. The van der Waals surface area contributed by atoms with Gasteiger partial charge < -0.3 is 10.1 Å². The smallest absolute Gasteiger partial charge is 0.333 e. The lowest BCUT2D eigenvalue weighted by molar-refractivity contribution is -0.139. The van der Waals surface area contributed by atoms with E-state index in [-0.39, 0.29) is 11.4 Å². The van der Waals surface area contributed by atoms with E-state index in [1.807, 2.05) is 27.7 Å². The molecule has 0 aromatic heterocycles. The number of hydrogen-bond acceptors (Lipinski definition) is 3. The van der Waals surface area contributed by atoms with E-state index in [4.69, 9.17) is 4.74 Å². The van der Waals surface area contributed by atoms with Crippen molar-refractivity contribution in [1.82, 2.24) is 5.32 Å². The highest BCUT2D eigenvalue weighted by Crippen LogP contribution is 2.24. The molecule has 1 N–H and O–H groups in total. The van der Waals surface area contributed by atoms with E-state index in [1.165, 1.54) is 0 Å². The van der Waals surface area contributed by atoms with Gasteiger partial charge in [-0.15, -0.1) is 0 Å². The molecule has 0 aliphatic rings. The lowest BCUT2D eigenvalue weighted by atomic mass is 9.88. The van der Waals surface area contributed by atoms with Crippen molar-refractivity contribution >= 4 is 5.97 Å². The second-order valence-corrected chi connectivity index (χ2v) is 4.22. The van der Waals surface area contributed by atoms with E-state index in [2.05, 4.69) is 11.9 Å². The van der Waals surface area contributed by atoms with Crippen LogP contribution in [0.5, 0.6) is 0 Å². The molecule has 0 atom stereocenters. The SMILES string of the molecule is C=C(C(=O)OCCNCC)C(C)(C)C. The van der Waals surface area contributed by atoms with Gasteiger partial charge in [-0.1, -0.05) is 34.3 Å². The fourth-order valence-corrected chi connectivity index (χ4v) is 0.786. The third-order valence-corrected chi connectivity index (χ3v) is 1.91. The van der Waals surface area contributed by atoms with Gasteiger partial charge in [0.2, 0.25) is 0 Å². The zero-order valence-electron chi connectivity index (χ0n) is 9.64. The summed E-state index contributed by atoms with van der Waals surface area (Å²) in [5, 5.41) is 3.07. The van der Waals surface area contributed by atoms with Gasteiger partial charge in [0, 0.05) is 12.1 Å². The number of likely N-dealkylation sites (N-methyl/N-ethyl adjacent to an activating group) is 1. The standard InChI is InChI=1S/C11H21NO2/c1-6-12-7-8-14-10(13)9(2)11(3,4)5/h12H,2,6-8H2,1,3-5H3. The molecule has 0 aromatic carbocycles. The van der Waals surface area contributed by atoms with Crippen LogP contribution in [0.2, 0.25) is 0 Å². The molecule has 0 aromatic rings. The molecule has 0 aliphatic carbocycles. The van der Waals surface area contributed by atoms with Gasteiger partial charge in [0.25, 0.3) is 0 Å². The molecule has 0 rings (SSSR count). The topological polar surface area (TPSA) is 38.3 Å². The van der Waals surface area contributed by atoms with E-state index in [1.54, 1.807) is 0 Å². The Morgan fingerprint density at radius 1 is 1.43 bits per heavy atom. The quantitative estimate of drug-likeness (QED) is 0.416. The zero-order valence-corrected chi connectivity index (χ0v) is 9.64.